The number of halogens is 3. The normalized spacial score (nSPS) is 18.5. The minimum Gasteiger partial charge on any atom is -0.488 e. The first-order valence-corrected chi connectivity index (χ1v) is 8.69. The molecule has 4 nitrogen and oxygen atoms in total. The van der Waals surface area contributed by atoms with E-state index in [2.05, 4.69) is 14.9 Å². The number of pyridine rings is 1. The Bertz CT molecular complexity index is 719. The second-order valence-electron chi connectivity index (χ2n) is 6.14. The molecule has 1 aliphatic carbocycles. The fourth-order valence-electron chi connectivity index (χ4n) is 3.06. The van der Waals surface area contributed by atoms with Gasteiger partial charge in [-0.3, -0.25) is 9.88 Å². The fourth-order valence-corrected chi connectivity index (χ4v) is 4.26. The van der Waals surface area contributed by atoms with Crippen LogP contribution in [0.2, 0.25) is 0 Å². The van der Waals surface area contributed by atoms with Crippen molar-refractivity contribution in [3.05, 3.63) is 39.6 Å². The first-order valence-electron chi connectivity index (χ1n) is 7.87. The number of thiazole rings is 1. The minimum absolute atomic E-state index is 0.0831. The number of likely N-dealkylation sites (tertiary alicyclic amines) is 1. The van der Waals surface area contributed by atoms with E-state index in [9.17, 15) is 13.2 Å². The predicted molar refractivity (Wildman–Crippen MR) is 83.1 cm³/mol. The average Bonchev–Trinajstić information content (AvgIpc) is 3.05. The number of nitrogens with zero attached hydrogens (tertiary/aromatic N) is 3. The van der Waals surface area contributed by atoms with E-state index < -0.39 is 11.9 Å². The SMILES string of the molecule is FC(F)(F)c1cc(OC2CN(Cc3nc4c(s3)CCC4)C2)ccn1. The number of ether oxygens (including phenoxy) is 1. The summed E-state index contributed by atoms with van der Waals surface area (Å²) >= 11 is 1.78. The molecule has 4 rings (SSSR count). The number of aryl methyl sites for hydroxylation is 2. The molecule has 0 spiro atoms. The first kappa shape index (κ1) is 15.8. The number of hydrogen-bond donors (Lipinski definition) is 0. The maximum Gasteiger partial charge on any atom is 0.433 e. The third kappa shape index (κ3) is 3.25. The maximum atomic E-state index is 12.6. The van der Waals surface area contributed by atoms with Gasteiger partial charge in [0, 0.05) is 30.2 Å². The van der Waals surface area contributed by atoms with Crippen LogP contribution in [0, 0.1) is 0 Å². The summed E-state index contributed by atoms with van der Waals surface area (Å²) < 4.78 is 43.5. The molecule has 1 fully saturated rings. The van der Waals surface area contributed by atoms with Crippen molar-refractivity contribution >= 4 is 11.3 Å². The van der Waals surface area contributed by atoms with Gasteiger partial charge in [0.05, 0.1) is 12.2 Å². The van der Waals surface area contributed by atoms with Gasteiger partial charge in [-0.1, -0.05) is 0 Å². The molecule has 8 heteroatoms. The van der Waals surface area contributed by atoms with Gasteiger partial charge in [0.2, 0.25) is 0 Å². The van der Waals surface area contributed by atoms with Gasteiger partial charge in [0.25, 0.3) is 0 Å². The topological polar surface area (TPSA) is 38.2 Å². The van der Waals surface area contributed by atoms with Crippen molar-refractivity contribution in [1.82, 2.24) is 14.9 Å². The molecule has 2 aliphatic rings. The van der Waals surface area contributed by atoms with Crippen LogP contribution in [0.15, 0.2) is 18.3 Å². The standard InChI is InChI=1S/C16H16F3N3OS/c17-16(18,19)14-6-10(4-5-20-14)23-11-7-22(8-11)9-15-21-12-2-1-3-13(12)24-15/h4-6,11H,1-3,7-9H2. The zero-order chi connectivity index (χ0) is 16.7. The Morgan fingerprint density at radius 1 is 1.29 bits per heavy atom. The summed E-state index contributed by atoms with van der Waals surface area (Å²) in [5, 5.41) is 1.13. The van der Waals surface area contributed by atoms with Gasteiger partial charge in [0.1, 0.15) is 22.6 Å². The second kappa shape index (κ2) is 6.00. The van der Waals surface area contributed by atoms with E-state index in [0.717, 1.165) is 36.7 Å². The van der Waals surface area contributed by atoms with E-state index in [0.29, 0.717) is 13.1 Å². The minimum atomic E-state index is -4.45. The molecule has 2 aromatic rings. The number of fused-ring (bicyclic) bond motifs is 1. The van der Waals surface area contributed by atoms with Crippen LogP contribution in [-0.2, 0) is 25.6 Å². The molecule has 3 heterocycles. The van der Waals surface area contributed by atoms with E-state index >= 15 is 0 Å². The molecule has 2 aromatic heterocycles. The van der Waals surface area contributed by atoms with E-state index in [1.165, 1.54) is 23.1 Å². The van der Waals surface area contributed by atoms with Crippen molar-refractivity contribution in [2.75, 3.05) is 13.1 Å². The molecule has 0 unspecified atom stereocenters. The van der Waals surface area contributed by atoms with Gasteiger partial charge in [-0.15, -0.1) is 11.3 Å². The smallest absolute Gasteiger partial charge is 0.433 e. The molecule has 128 valence electrons. The van der Waals surface area contributed by atoms with Gasteiger partial charge in [-0.05, 0) is 25.3 Å². The predicted octanol–water partition coefficient (Wildman–Crippen LogP) is 3.31. The third-order valence-electron chi connectivity index (χ3n) is 4.25. The summed E-state index contributed by atoms with van der Waals surface area (Å²) in [5.74, 6) is 0.218. The third-order valence-corrected chi connectivity index (χ3v) is 5.39. The highest BCUT2D eigenvalue weighted by molar-refractivity contribution is 7.11. The number of aromatic nitrogens is 2. The lowest BCUT2D eigenvalue weighted by Crippen LogP contribution is -2.53. The molecule has 0 aromatic carbocycles. The molecule has 0 N–H and O–H groups in total. The van der Waals surface area contributed by atoms with Crippen LogP contribution in [0.4, 0.5) is 13.2 Å². The van der Waals surface area contributed by atoms with Crippen molar-refractivity contribution in [2.45, 2.75) is 38.1 Å². The zero-order valence-electron chi connectivity index (χ0n) is 12.8. The van der Waals surface area contributed by atoms with Crippen LogP contribution >= 0.6 is 11.3 Å². The Labute approximate surface area is 141 Å². The Balaban J connectivity index is 1.30. The van der Waals surface area contributed by atoms with E-state index in [1.807, 2.05) is 0 Å². The summed E-state index contributed by atoms with van der Waals surface area (Å²) in [7, 11) is 0. The maximum absolute atomic E-state index is 12.6. The lowest BCUT2D eigenvalue weighted by Gasteiger charge is -2.38. The van der Waals surface area contributed by atoms with Crippen molar-refractivity contribution < 1.29 is 17.9 Å². The molecule has 0 amide bonds. The van der Waals surface area contributed by atoms with Gasteiger partial charge in [-0.2, -0.15) is 13.2 Å². The van der Waals surface area contributed by atoms with Crippen molar-refractivity contribution in [3.63, 3.8) is 0 Å². The lowest BCUT2D eigenvalue weighted by atomic mass is 10.1. The van der Waals surface area contributed by atoms with Gasteiger partial charge >= 0.3 is 6.18 Å². The molecule has 0 bridgehead atoms. The molecule has 24 heavy (non-hydrogen) atoms. The Hall–Kier alpha value is -1.67. The van der Waals surface area contributed by atoms with Crippen molar-refractivity contribution in [1.29, 1.82) is 0 Å². The van der Waals surface area contributed by atoms with Crippen LogP contribution in [0.25, 0.3) is 0 Å². The number of hydrogen-bond acceptors (Lipinski definition) is 5. The first-order chi connectivity index (χ1) is 11.5. The number of rotatable bonds is 4. The summed E-state index contributed by atoms with van der Waals surface area (Å²) in [5.41, 5.74) is 0.327. The molecule has 1 saturated heterocycles. The molecule has 0 radical (unpaired) electrons. The summed E-state index contributed by atoms with van der Waals surface area (Å²) in [6.45, 7) is 2.20. The molecular formula is C16H16F3N3OS. The van der Waals surface area contributed by atoms with Crippen molar-refractivity contribution in [2.24, 2.45) is 0 Å². The van der Waals surface area contributed by atoms with Gasteiger partial charge in [0.15, 0.2) is 0 Å². The van der Waals surface area contributed by atoms with Crippen LogP contribution < -0.4 is 4.74 Å². The average molecular weight is 355 g/mol. The Morgan fingerprint density at radius 3 is 2.88 bits per heavy atom. The monoisotopic (exact) mass is 355 g/mol. The molecular weight excluding hydrogens is 339 g/mol. The largest absolute Gasteiger partial charge is 0.488 e. The highest BCUT2D eigenvalue weighted by atomic mass is 32.1. The molecule has 0 saturated carbocycles. The van der Waals surface area contributed by atoms with Crippen LogP contribution in [0.3, 0.4) is 0 Å². The number of alkyl halides is 3. The van der Waals surface area contributed by atoms with Gasteiger partial charge < -0.3 is 4.74 Å². The summed E-state index contributed by atoms with van der Waals surface area (Å²) in [6.07, 6.45) is 0.0334. The highest BCUT2D eigenvalue weighted by Crippen LogP contribution is 2.31. The Kier molecular flexibility index (Phi) is 3.96. The van der Waals surface area contributed by atoms with E-state index in [-0.39, 0.29) is 11.9 Å². The van der Waals surface area contributed by atoms with Crippen molar-refractivity contribution in [3.8, 4) is 5.75 Å². The van der Waals surface area contributed by atoms with Crippen LogP contribution in [0.5, 0.6) is 5.75 Å². The van der Waals surface area contributed by atoms with E-state index in [4.69, 9.17) is 4.74 Å². The van der Waals surface area contributed by atoms with Crippen LogP contribution in [0.1, 0.15) is 27.7 Å². The lowest BCUT2D eigenvalue weighted by molar-refractivity contribution is -0.141. The highest BCUT2D eigenvalue weighted by Gasteiger charge is 2.34. The molecule has 1 aliphatic heterocycles. The fraction of sp³-hybridized carbons (Fsp3) is 0.500. The van der Waals surface area contributed by atoms with Crippen LogP contribution in [-0.4, -0.2) is 34.1 Å². The van der Waals surface area contributed by atoms with Gasteiger partial charge in [-0.25, -0.2) is 4.98 Å². The quantitative estimate of drug-likeness (QED) is 0.843. The Morgan fingerprint density at radius 2 is 2.12 bits per heavy atom. The molecule has 0 atom stereocenters. The van der Waals surface area contributed by atoms with E-state index in [1.54, 1.807) is 11.3 Å². The second-order valence-corrected chi connectivity index (χ2v) is 7.31. The summed E-state index contributed by atoms with van der Waals surface area (Å²) in [6, 6.07) is 2.41. The zero-order valence-corrected chi connectivity index (χ0v) is 13.7. The summed E-state index contributed by atoms with van der Waals surface area (Å²) in [4.78, 5) is 11.6.